The summed E-state index contributed by atoms with van der Waals surface area (Å²) in [5.74, 6) is 2.68. The van der Waals surface area contributed by atoms with Crippen LogP contribution in [0.15, 0.2) is 18.2 Å². The number of methoxy groups -OCH3 is 1. The molecule has 1 N–H and O–H groups in total. The Kier molecular flexibility index (Phi) is 7.11. The lowest BCUT2D eigenvalue weighted by atomic mass is 10.2. The van der Waals surface area contributed by atoms with Gasteiger partial charge in [0.25, 0.3) is 0 Å². The van der Waals surface area contributed by atoms with Crippen molar-refractivity contribution in [2.24, 2.45) is 0 Å². The Morgan fingerprint density at radius 2 is 2.25 bits per heavy atom. The average molecular weight is 278 g/mol. The Balaban J connectivity index is 2.71. The van der Waals surface area contributed by atoms with Crippen molar-refractivity contribution in [2.45, 2.75) is 13.0 Å². The molecule has 0 aliphatic heterocycles. The third kappa shape index (κ3) is 5.26. The summed E-state index contributed by atoms with van der Waals surface area (Å²) >= 11 is 0. The first-order valence-electron chi connectivity index (χ1n) is 6.22. The van der Waals surface area contributed by atoms with Crippen molar-refractivity contribution >= 4 is 5.69 Å². The highest BCUT2D eigenvalue weighted by atomic mass is 16.6. The van der Waals surface area contributed by atoms with E-state index in [1.807, 2.05) is 0 Å². The quantitative estimate of drug-likeness (QED) is 0.322. The van der Waals surface area contributed by atoms with Crippen LogP contribution in [0.2, 0.25) is 0 Å². The van der Waals surface area contributed by atoms with E-state index in [0.717, 1.165) is 5.56 Å². The Morgan fingerprint density at radius 1 is 1.45 bits per heavy atom. The van der Waals surface area contributed by atoms with Crippen molar-refractivity contribution in [1.29, 1.82) is 0 Å². The maximum absolute atomic E-state index is 10.9. The van der Waals surface area contributed by atoms with Crippen molar-refractivity contribution in [2.75, 3.05) is 26.9 Å². The van der Waals surface area contributed by atoms with Gasteiger partial charge in [-0.15, -0.1) is 12.3 Å². The summed E-state index contributed by atoms with van der Waals surface area (Å²) in [5, 5.41) is 14.1. The van der Waals surface area contributed by atoms with E-state index in [1.54, 1.807) is 19.2 Å². The van der Waals surface area contributed by atoms with Gasteiger partial charge in [-0.25, -0.2) is 0 Å². The molecule has 1 aromatic carbocycles. The van der Waals surface area contributed by atoms with Crippen molar-refractivity contribution < 1.29 is 14.4 Å². The van der Waals surface area contributed by atoms with Crippen LogP contribution < -0.4 is 10.1 Å². The van der Waals surface area contributed by atoms with Crippen LogP contribution in [-0.4, -0.2) is 31.8 Å². The Bertz CT molecular complexity index is 483. The second-order valence-electron chi connectivity index (χ2n) is 4.03. The van der Waals surface area contributed by atoms with Crippen LogP contribution >= 0.6 is 0 Å². The normalized spacial score (nSPS) is 10.0. The van der Waals surface area contributed by atoms with Gasteiger partial charge in [-0.05, 0) is 11.6 Å². The van der Waals surface area contributed by atoms with Crippen LogP contribution in [0.25, 0.3) is 0 Å². The molecular formula is C14H18N2O4. The molecule has 0 atom stereocenters. The summed E-state index contributed by atoms with van der Waals surface area (Å²) in [4.78, 5) is 10.5. The number of nitro benzene ring substituents is 1. The van der Waals surface area contributed by atoms with E-state index >= 15 is 0 Å². The monoisotopic (exact) mass is 278 g/mol. The number of nitrogens with one attached hydrogen (secondary N) is 1. The number of nitrogens with zero attached hydrogens (tertiary/aromatic N) is 1. The Morgan fingerprint density at radius 3 is 2.90 bits per heavy atom. The lowest BCUT2D eigenvalue weighted by Crippen LogP contribution is -2.18. The van der Waals surface area contributed by atoms with Gasteiger partial charge in [0.1, 0.15) is 0 Å². The zero-order chi connectivity index (χ0) is 14.8. The minimum atomic E-state index is -0.465. The van der Waals surface area contributed by atoms with Gasteiger partial charge in [0.05, 0.1) is 18.1 Å². The zero-order valence-electron chi connectivity index (χ0n) is 11.4. The summed E-state index contributed by atoms with van der Waals surface area (Å²) in [6.45, 7) is 2.17. The van der Waals surface area contributed by atoms with Gasteiger partial charge in [-0.3, -0.25) is 10.1 Å². The maximum Gasteiger partial charge on any atom is 0.310 e. The average Bonchev–Trinajstić information content (AvgIpc) is 2.44. The molecule has 0 fully saturated rings. The molecule has 0 saturated heterocycles. The zero-order valence-corrected chi connectivity index (χ0v) is 11.4. The smallest absolute Gasteiger partial charge is 0.310 e. The first-order chi connectivity index (χ1) is 9.69. The molecule has 0 radical (unpaired) electrons. The van der Waals surface area contributed by atoms with Crippen molar-refractivity contribution in [3.63, 3.8) is 0 Å². The van der Waals surface area contributed by atoms with Crippen LogP contribution in [-0.2, 0) is 11.3 Å². The predicted octanol–water partition coefficient (Wildman–Crippen LogP) is 1.73. The number of hydrogen-bond donors (Lipinski definition) is 1. The first kappa shape index (κ1) is 16.0. The lowest BCUT2D eigenvalue weighted by molar-refractivity contribution is -0.385. The van der Waals surface area contributed by atoms with Crippen LogP contribution in [0.1, 0.15) is 12.0 Å². The lowest BCUT2D eigenvalue weighted by Gasteiger charge is -2.08. The number of nitro groups is 1. The van der Waals surface area contributed by atoms with Gasteiger partial charge in [0.15, 0.2) is 5.75 Å². The molecule has 0 unspecified atom stereocenters. The van der Waals surface area contributed by atoms with E-state index < -0.39 is 4.92 Å². The van der Waals surface area contributed by atoms with Crippen molar-refractivity contribution in [3.8, 4) is 18.1 Å². The highest BCUT2D eigenvalue weighted by molar-refractivity contribution is 5.48. The fourth-order valence-corrected chi connectivity index (χ4v) is 1.56. The molecule has 0 aliphatic rings. The van der Waals surface area contributed by atoms with Crippen LogP contribution in [0.5, 0.6) is 5.75 Å². The van der Waals surface area contributed by atoms with E-state index in [9.17, 15) is 10.1 Å². The van der Waals surface area contributed by atoms with E-state index in [4.69, 9.17) is 15.9 Å². The molecule has 0 amide bonds. The summed E-state index contributed by atoms with van der Waals surface area (Å²) in [6.07, 6.45) is 5.54. The van der Waals surface area contributed by atoms with Crippen LogP contribution in [0, 0.1) is 22.5 Å². The van der Waals surface area contributed by atoms with Crippen molar-refractivity contribution in [1.82, 2.24) is 5.32 Å². The topological polar surface area (TPSA) is 73.6 Å². The fourth-order valence-electron chi connectivity index (χ4n) is 1.56. The van der Waals surface area contributed by atoms with Gasteiger partial charge in [0, 0.05) is 32.7 Å². The van der Waals surface area contributed by atoms with Gasteiger partial charge >= 0.3 is 5.69 Å². The molecule has 1 aromatic rings. The van der Waals surface area contributed by atoms with E-state index in [1.165, 1.54) is 6.07 Å². The molecule has 0 saturated carbocycles. The molecule has 108 valence electrons. The van der Waals surface area contributed by atoms with Crippen molar-refractivity contribution in [3.05, 3.63) is 33.9 Å². The van der Waals surface area contributed by atoms with E-state index in [2.05, 4.69) is 11.2 Å². The first-order valence-corrected chi connectivity index (χ1v) is 6.22. The Hall–Kier alpha value is -2.10. The standard InChI is InChI=1S/C14H18N2O4/c1-3-4-8-20-14-10-12(11-15-7-9-19-2)5-6-13(14)16(17)18/h1,5-6,10,15H,4,7-9,11H2,2H3. The number of hydrogen-bond acceptors (Lipinski definition) is 5. The molecule has 20 heavy (non-hydrogen) atoms. The minimum Gasteiger partial charge on any atom is -0.486 e. The molecule has 0 bridgehead atoms. The van der Waals surface area contributed by atoms with E-state index in [0.29, 0.717) is 26.1 Å². The van der Waals surface area contributed by atoms with Gasteiger partial charge in [-0.1, -0.05) is 6.07 Å². The largest absolute Gasteiger partial charge is 0.486 e. The van der Waals surface area contributed by atoms with Crippen LogP contribution in [0.3, 0.4) is 0 Å². The second kappa shape index (κ2) is 8.91. The third-order valence-electron chi connectivity index (χ3n) is 2.54. The summed E-state index contributed by atoms with van der Waals surface area (Å²) < 4.78 is 10.3. The highest BCUT2D eigenvalue weighted by Gasteiger charge is 2.15. The number of benzene rings is 1. The maximum atomic E-state index is 10.9. The second-order valence-corrected chi connectivity index (χ2v) is 4.03. The predicted molar refractivity (Wildman–Crippen MR) is 75.6 cm³/mol. The number of rotatable bonds is 9. The summed E-state index contributed by atoms with van der Waals surface area (Å²) in [5.41, 5.74) is 0.852. The number of ether oxygens (including phenoxy) is 2. The molecule has 0 spiro atoms. The molecular weight excluding hydrogens is 260 g/mol. The third-order valence-corrected chi connectivity index (χ3v) is 2.54. The summed E-state index contributed by atoms with van der Waals surface area (Å²) in [7, 11) is 1.63. The fraction of sp³-hybridized carbons (Fsp3) is 0.429. The van der Waals surface area contributed by atoms with Gasteiger partial charge in [-0.2, -0.15) is 0 Å². The summed E-state index contributed by atoms with van der Waals surface area (Å²) in [6, 6.07) is 4.80. The van der Waals surface area contributed by atoms with Crippen LogP contribution in [0.4, 0.5) is 5.69 Å². The Labute approximate surface area is 118 Å². The minimum absolute atomic E-state index is 0.0531. The molecule has 6 heteroatoms. The van der Waals surface area contributed by atoms with Gasteiger partial charge < -0.3 is 14.8 Å². The SMILES string of the molecule is C#CCCOc1cc(CNCCOC)ccc1[N+](=O)[O-]. The van der Waals surface area contributed by atoms with E-state index in [-0.39, 0.29) is 18.0 Å². The highest BCUT2D eigenvalue weighted by Crippen LogP contribution is 2.28. The molecule has 6 nitrogen and oxygen atoms in total. The van der Waals surface area contributed by atoms with Gasteiger partial charge in [0.2, 0.25) is 0 Å². The number of terminal acetylenes is 1. The molecule has 0 aromatic heterocycles. The molecule has 1 rings (SSSR count). The molecule has 0 heterocycles. The molecule has 0 aliphatic carbocycles.